The Morgan fingerprint density at radius 2 is 2.17 bits per heavy atom. The summed E-state index contributed by atoms with van der Waals surface area (Å²) in [6.45, 7) is 1.51. The van der Waals surface area contributed by atoms with Crippen molar-refractivity contribution < 1.29 is 14.3 Å². The summed E-state index contributed by atoms with van der Waals surface area (Å²) in [5, 5.41) is 0. The number of para-hydroxylation sites is 1. The minimum Gasteiger partial charge on any atom is -0.469 e. The van der Waals surface area contributed by atoms with Crippen molar-refractivity contribution in [3.63, 3.8) is 0 Å². The lowest BCUT2D eigenvalue weighted by Gasteiger charge is -2.30. The highest BCUT2D eigenvalue weighted by molar-refractivity contribution is 6.03. The smallest absolute Gasteiger partial charge is 0.305 e. The molecule has 1 aromatic carbocycles. The predicted octanol–water partition coefficient (Wildman–Crippen LogP) is 2.03. The molecule has 0 saturated heterocycles. The minimum atomic E-state index is -0.184. The van der Waals surface area contributed by atoms with Crippen LogP contribution in [-0.4, -0.2) is 32.0 Å². The van der Waals surface area contributed by atoms with Gasteiger partial charge in [0, 0.05) is 37.2 Å². The molecule has 18 heavy (non-hydrogen) atoms. The second-order valence-corrected chi connectivity index (χ2v) is 4.36. The van der Waals surface area contributed by atoms with E-state index in [0.29, 0.717) is 12.8 Å². The number of fused-ring (bicyclic) bond motifs is 1. The lowest BCUT2D eigenvalue weighted by molar-refractivity contribution is -0.140. The van der Waals surface area contributed by atoms with E-state index in [0.717, 1.165) is 30.8 Å². The summed E-state index contributed by atoms with van der Waals surface area (Å²) in [5.41, 5.74) is 1.78. The molecule has 1 aliphatic heterocycles. The van der Waals surface area contributed by atoms with E-state index >= 15 is 0 Å². The van der Waals surface area contributed by atoms with E-state index in [9.17, 15) is 9.59 Å². The summed E-state index contributed by atoms with van der Waals surface area (Å²) >= 11 is 0. The van der Waals surface area contributed by atoms with Crippen LogP contribution in [0.2, 0.25) is 0 Å². The number of esters is 1. The summed E-state index contributed by atoms with van der Waals surface area (Å²) in [7, 11) is 1.40. The SMILES string of the molecule is COC(=O)CCCN1CCC(=O)c2ccccc21. The molecule has 0 amide bonds. The largest absolute Gasteiger partial charge is 0.469 e. The van der Waals surface area contributed by atoms with Crippen LogP contribution in [0.15, 0.2) is 24.3 Å². The van der Waals surface area contributed by atoms with Crippen molar-refractivity contribution >= 4 is 17.4 Å². The third-order valence-corrected chi connectivity index (χ3v) is 3.19. The van der Waals surface area contributed by atoms with Gasteiger partial charge in [-0.3, -0.25) is 9.59 Å². The van der Waals surface area contributed by atoms with Crippen molar-refractivity contribution in [2.75, 3.05) is 25.1 Å². The van der Waals surface area contributed by atoms with E-state index in [1.807, 2.05) is 24.3 Å². The Balaban J connectivity index is 2.01. The molecular formula is C14H17NO3. The van der Waals surface area contributed by atoms with Gasteiger partial charge in [-0.25, -0.2) is 0 Å². The Bertz CT molecular complexity index is 456. The van der Waals surface area contributed by atoms with Gasteiger partial charge in [0.1, 0.15) is 0 Å². The van der Waals surface area contributed by atoms with E-state index in [1.54, 1.807) is 0 Å². The number of carbonyl (C=O) groups is 2. The summed E-state index contributed by atoms with van der Waals surface area (Å²) < 4.78 is 4.61. The average Bonchev–Trinajstić information content (AvgIpc) is 2.41. The molecule has 0 N–H and O–H groups in total. The van der Waals surface area contributed by atoms with Crippen molar-refractivity contribution in [3.05, 3.63) is 29.8 Å². The Hall–Kier alpha value is -1.84. The second-order valence-electron chi connectivity index (χ2n) is 4.36. The van der Waals surface area contributed by atoms with E-state index < -0.39 is 0 Å². The number of Topliss-reactive ketones (excluding diaryl/α,β-unsaturated/α-hetero) is 1. The number of hydrogen-bond donors (Lipinski definition) is 0. The highest BCUT2D eigenvalue weighted by Crippen LogP contribution is 2.26. The number of carbonyl (C=O) groups excluding carboxylic acids is 2. The maximum Gasteiger partial charge on any atom is 0.305 e. The monoisotopic (exact) mass is 247 g/mol. The first-order chi connectivity index (χ1) is 8.72. The topological polar surface area (TPSA) is 46.6 Å². The van der Waals surface area contributed by atoms with Crippen molar-refractivity contribution in [2.24, 2.45) is 0 Å². The Labute approximate surface area is 107 Å². The zero-order valence-electron chi connectivity index (χ0n) is 10.5. The number of methoxy groups -OCH3 is 1. The van der Waals surface area contributed by atoms with Gasteiger partial charge in [0.2, 0.25) is 0 Å². The summed E-state index contributed by atoms with van der Waals surface area (Å²) in [4.78, 5) is 25.0. The van der Waals surface area contributed by atoms with E-state index in [2.05, 4.69) is 9.64 Å². The first-order valence-electron chi connectivity index (χ1n) is 6.16. The molecule has 0 atom stereocenters. The number of ether oxygens (including phenoxy) is 1. The molecule has 0 bridgehead atoms. The van der Waals surface area contributed by atoms with Crippen LogP contribution >= 0.6 is 0 Å². The molecule has 0 spiro atoms. The molecule has 4 heteroatoms. The van der Waals surface area contributed by atoms with Crippen LogP contribution in [0.4, 0.5) is 5.69 Å². The normalized spacial score (nSPS) is 14.3. The average molecular weight is 247 g/mol. The molecule has 4 nitrogen and oxygen atoms in total. The van der Waals surface area contributed by atoms with E-state index in [4.69, 9.17) is 0 Å². The number of ketones is 1. The summed E-state index contributed by atoms with van der Waals surface area (Å²) in [6.07, 6.45) is 1.72. The molecule has 96 valence electrons. The van der Waals surface area contributed by atoms with Crippen molar-refractivity contribution in [2.45, 2.75) is 19.3 Å². The van der Waals surface area contributed by atoms with E-state index in [1.165, 1.54) is 7.11 Å². The molecular weight excluding hydrogens is 230 g/mol. The molecule has 0 aromatic heterocycles. The Kier molecular flexibility index (Phi) is 3.97. The van der Waals surface area contributed by atoms with Crippen molar-refractivity contribution in [1.29, 1.82) is 0 Å². The highest BCUT2D eigenvalue weighted by Gasteiger charge is 2.21. The third kappa shape index (κ3) is 2.70. The molecule has 2 rings (SSSR count). The number of anilines is 1. The molecule has 0 aliphatic carbocycles. The van der Waals surface area contributed by atoms with Gasteiger partial charge in [0.25, 0.3) is 0 Å². The fourth-order valence-electron chi connectivity index (χ4n) is 2.23. The van der Waals surface area contributed by atoms with Crippen LogP contribution in [0.25, 0.3) is 0 Å². The summed E-state index contributed by atoms with van der Waals surface area (Å²) in [5.74, 6) is 0.0196. The van der Waals surface area contributed by atoms with Crippen LogP contribution in [0.1, 0.15) is 29.6 Å². The first-order valence-corrected chi connectivity index (χ1v) is 6.16. The van der Waals surface area contributed by atoms with Crippen LogP contribution in [0.3, 0.4) is 0 Å². The van der Waals surface area contributed by atoms with Gasteiger partial charge >= 0.3 is 5.97 Å². The molecule has 1 aliphatic rings. The highest BCUT2D eigenvalue weighted by atomic mass is 16.5. The number of nitrogens with zero attached hydrogens (tertiary/aromatic N) is 1. The molecule has 0 radical (unpaired) electrons. The maximum atomic E-state index is 11.8. The minimum absolute atomic E-state index is 0.184. The van der Waals surface area contributed by atoms with Crippen molar-refractivity contribution in [1.82, 2.24) is 0 Å². The van der Waals surface area contributed by atoms with E-state index in [-0.39, 0.29) is 11.8 Å². The van der Waals surface area contributed by atoms with Crippen molar-refractivity contribution in [3.8, 4) is 0 Å². The summed E-state index contributed by atoms with van der Waals surface area (Å²) in [6, 6.07) is 7.65. The van der Waals surface area contributed by atoms with Crippen LogP contribution in [0.5, 0.6) is 0 Å². The lowest BCUT2D eigenvalue weighted by atomic mass is 10.0. The van der Waals surface area contributed by atoms with Gasteiger partial charge in [-0.2, -0.15) is 0 Å². The molecule has 0 unspecified atom stereocenters. The molecule has 0 saturated carbocycles. The zero-order chi connectivity index (χ0) is 13.0. The van der Waals surface area contributed by atoms with Gasteiger partial charge in [0.15, 0.2) is 5.78 Å². The van der Waals surface area contributed by atoms with Gasteiger partial charge in [-0.1, -0.05) is 12.1 Å². The van der Waals surface area contributed by atoms with Gasteiger partial charge in [0.05, 0.1) is 7.11 Å². The van der Waals surface area contributed by atoms with Crippen LogP contribution in [0, 0.1) is 0 Å². The van der Waals surface area contributed by atoms with Crippen LogP contribution in [-0.2, 0) is 9.53 Å². The predicted molar refractivity (Wildman–Crippen MR) is 68.9 cm³/mol. The standard InChI is InChI=1S/C14H17NO3/c1-18-14(17)7-4-9-15-10-8-13(16)11-5-2-3-6-12(11)15/h2-3,5-6H,4,7-10H2,1H3. The van der Waals surface area contributed by atoms with Gasteiger partial charge in [-0.05, 0) is 18.6 Å². The third-order valence-electron chi connectivity index (χ3n) is 3.19. The fourth-order valence-corrected chi connectivity index (χ4v) is 2.23. The molecule has 0 fully saturated rings. The number of hydrogen-bond acceptors (Lipinski definition) is 4. The van der Waals surface area contributed by atoms with Crippen LogP contribution < -0.4 is 4.90 Å². The lowest BCUT2D eigenvalue weighted by Crippen LogP contribution is -2.33. The Morgan fingerprint density at radius 1 is 1.39 bits per heavy atom. The second kappa shape index (κ2) is 5.67. The zero-order valence-corrected chi connectivity index (χ0v) is 10.5. The van der Waals surface area contributed by atoms with Gasteiger partial charge < -0.3 is 9.64 Å². The Morgan fingerprint density at radius 3 is 2.94 bits per heavy atom. The number of rotatable bonds is 4. The number of benzene rings is 1. The molecule has 1 aromatic rings. The fraction of sp³-hybridized carbons (Fsp3) is 0.429. The quantitative estimate of drug-likeness (QED) is 0.764. The molecule has 1 heterocycles. The first kappa shape index (κ1) is 12.6. The maximum absolute atomic E-state index is 11.8. The van der Waals surface area contributed by atoms with Gasteiger partial charge in [-0.15, -0.1) is 0 Å².